The number of hydrogen-bond donors (Lipinski definition) is 2. The number of nitro groups is 1. The Kier molecular flexibility index (Phi) is 5.66. The summed E-state index contributed by atoms with van der Waals surface area (Å²) in [6.45, 7) is 6.38. The number of nitrogens with one attached hydrogen (secondary N) is 2. The molecule has 0 saturated heterocycles. The lowest BCUT2D eigenvalue weighted by atomic mass is 10.1. The summed E-state index contributed by atoms with van der Waals surface area (Å²) in [5, 5.41) is 16.8. The van der Waals surface area contributed by atoms with Crippen LogP contribution < -0.4 is 10.6 Å². The Bertz CT molecular complexity index is 529. The van der Waals surface area contributed by atoms with Crippen molar-refractivity contribution in [1.29, 1.82) is 0 Å². The molecular weight excluding hydrogens is 274 g/mol. The zero-order valence-electron chi connectivity index (χ0n) is 12.7. The largest absolute Gasteiger partial charge is 0.382 e. The monoisotopic (exact) mass is 295 g/mol. The maximum Gasteiger partial charge on any atom is 0.293 e. The Labute approximate surface area is 123 Å². The van der Waals surface area contributed by atoms with Crippen molar-refractivity contribution < 1.29 is 14.5 Å². The standard InChI is InChI=1S/C14H21N3O4/c1-5-15-11-7-6-10(8-12(11)17(19)20)13(18)16-14(2,3)9-21-4/h6-8,15H,5,9H2,1-4H3,(H,16,18). The molecule has 0 bridgehead atoms. The number of amides is 1. The van der Waals surface area contributed by atoms with Crippen molar-refractivity contribution in [2.75, 3.05) is 25.6 Å². The Morgan fingerprint density at radius 2 is 2.10 bits per heavy atom. The minimum atomic E-state index is -0.555. The van der Waals surface area contributed by atoms with Crippen molar-refractivity contribution in [3.63, 3.8) is 0 Å². The van der Waals surface area contributed by atoms with Gasteiger partial charge in [0.25, 0.3) is 11.6 Å². The first-order chi connectivity index (χ1) is 9.80. The average molecular weight is 295 g/mol. The average Bonchev–Trinajstić information content (AvgIpc) is 2.38. The quantitative estimate of drug-likeness (QED) is 0.594. The van der Waals surface area contributed by atoms with Gasteiger partial charge >= 0.3 is 0 Å². The molecule has 1 aromatic rings. The molecule has 0 aliphatic heterocycles. The first-order valence-corrected chi connectivity index (χ1v) is 6.64. The van der Waals surface area contributed by atoms with Gasteiger partial charge in [-0.15, -0.1) is 0 Å². The van der Waals surface area contributed by atoms with E-state index in [2.05, 4.69) is 10.6 Å². The Balaban J connectivity index is 3.01. The number of hydrogen-bond acceptors (Lipinski definition) is 5. The van der Waals surface area contributed by atoms with Crippen LogP contribution in [0, 0.1) is 10.1 Å². The molecule has 0 aliphatic carbocycles. The Hall–Kier alpha value is -2.15. The number of ether oxygens (including phenoxy) is 1. The van der Waals surface area contributed by atoms with Gasteiger partial charge in [-0.2, -0.15) is 0 Å². The number of rotatable bonds is 7. The van der Waals surface area contributed by atoms with Crippen molar-refractivity contribution in [3.8, 4) is 0 Å². The minimum absolute atomic E-state index is 0.117. The van der Waals surface area contributed by atoms with Crippen LogP contribution in [0.2, 0.25) is 0 Å². The number of methoxy groups -OCH3 is 1. The van der Waals surface area contributed by atoms with Crippen LogP contribution >= 0.6 is 0 Å². The van der Waals surface area contributed by atoms with E-state index < -0.39 is 10.5 Å². The molecular formula is C14H21N3O4. The highest BCUT2D eigenvalue weighted by atomic mass is 16.6. The van der Waals surface area contributed by atoms with E-state index in [1.165, 1.54) is 6.07 Å². The molecule has 0 heterocycles. The van der Waals surface area contributed by atoms with Gasteiger partial charge in [0.2, 0.25) is 0 Å². The van der Waals surface area contributed by atoms with Crippen molar-refractivity contribution in [2.24, 2.45) is 0 Å². The first-order valence-electron chi connectivity index (χ1n) is 6.64. The van der Waals surface area contributed by atoms with Crippen LogP contribution in [0.3, 0.4) is 0 Å². The number of benzene rings is 1. The van der Waals surface area contributed by atoms with E-state index in [4.69, 9.17) is 4.74 Å². The van der Waals surface area contributed by atoms with Gasteiger partial charge in [-0.25, -0.2) is 0 Å². The highest BCUT2D eigenvalue weighted by Gasteiger charge is 2.23. The fraction of sp³-hybridized carbons (Fsp3) is 0.500. The molecule has 7 nitrogen and oxygen atoms in total. The van der Waals surface area contributed by atoms with E-state index in [0.717, 1.165) is 0 Å². The molecule has 0 atom stereocenters. The van der Waals surface area contributed by atoms with E-state index >= 15 is 0 Å². The predicted octanol–water partition coefficient (Wildman–Crippen LogP) is 2.18. The van der Waals surface area contributed by atoms with Gasteiger partial charge in [0.15, 0.2) is 0 Å². The molecule has 116 valence electrons. The molecule has 21 heavy (non-hydrogen) atoms. The summed E-state index contributed by atoms with van der Waals surface area (Å²) in [6, 6.07) is 4.37. The molecule has 1 amide bonds. The summed E-state index contributed by atoms with van der Waals surface area (Å²) in [5.74, 6) is -0.372. The zero-order valence-corrected chi connectivity index (χ0v) is 12.7. The number of nitrogens with zero attached hydrogens (tertiary/aromatic N) is 1. The van der Waals surface area contributed by atoms with Crippen molar-refractivity contribution in [3.05, 3.63) is 33.9 Å². The van der Waals surface area contributed by atoms with Crippen LogP contribution in [-0.4, -0.2) is 36.6 Å². The lowest BCUT2D eigenvalue weighted by Crippen LogP contribution is -2.46. The first kappa shape index (κ1) is 16.9. The minimum Gasteiger partial charge on any atom is -0.382 e. The van der Waals surface area contributed by atoms with Crippen molar-refractivity contribution >= 4 is 17.3 Å². The zero-order chi connectivity index (χ0) is 16.0. The molecule has 0 aliphatic rings. The maximum atomic E-state index is 12.2. The highest BCUT2D eigenvalue weighted by Crippen LogP contribution is 2.25. The van der Waals surface area contributed by atoms with Crippen LogP contribution in [0.1, 0.15) is 31.1 Å². The fourth-order valence-corrected chi connectivity index (χ4v) is 1.94. The van der Waals surface area contributed by atoms with Crippen LogP contribution in [-0.2, 0) is 4.74 Å². The second kappa shape index (κ2) is 7.03. The summed E-state index contributed by atoms with van der Waals surface area (Å²) in [4.78, 5) is 22.7. The Morgan fingerprint density at radius 1 is 1.43 bits per heavy atom. The van der Waals surface area contributed by atoms with E-state index in [1.807, 2.05) is 20.8 Å². The summed E-state index contributed by atoms with van der Waals surface area (Å²) in [6.07, 6.45) is 0. The summed E-state index contributed by atoms with van der Waals surface area (Å²) in [5.41, 5.74) is -0.0298. The van der Waals surface area contributed by atoms with Gasteiger partial charge in [-0.1, -0.05) is 0 Å². The summed E-state index contributed by atoms with van der Waals surface area (Å²) in [7, 11) is 1.55. The third kappa shape index (κ3) is 4.71. The number of nitro benzene ring substituents is 1. The van der Waals surface area contributed by atoms with Gasteiger partial charge in [0, 0.05) is 25.3 Å². The van der Waals surface area contributed by atoms with Gasteiger partial charge in [0.05, 0.1) is 17.1 Å². The fourth-order valence-electron chi connectivity index (χ4n) is 1.94. The maximum absolute atomic E-state index is 12.2. The third-order valence-electron chi connectivity index (χ3n) is 2.78. The van der Waals surface area contributed by atoms with Crippen molar-refractivity contribution in [1.82, 2.24) is 5.32 Å². The van der Waals surface area contributed by atoms with Gasteiger partial charge in [0.1, 0.15) is 5.69 Å². The number of carbonyl (C=O) groups is 1. The van der Waals surface area contributed by atoms with E-state index in [-0.39, 0.29) is 17.2 Å². The van der Waals surface area contributed by atoms with Crippen LogP contribution in [0.25, 0.3) is 0 Å². The van der Waals surface area contributed by atoms with Crippen LogP contribution in [0.15, 0.2) is 18.2 Å². The second-order valence-corrected chi connectivity index (χ2v) is 5.29. The molecule has 0 fully saturated rings. The molecule has 1 rings (SSSR count). The highest BCUT2D eigenvalue weighted by molar-refractivity contribution is 5.96. The van der Waals surface area contributed by atoms with Crippen molar-refractivity contribution in [2.45, 2.75) is 26.3 Å². The second-order valence-electron chi connectivity index (χ2n) is 5.29. The predicted molar refractivity (Wildman–Crippen MR) is 80.7 cm³/mol. The SMILES string of the molecule is CCNc1ccc(C(=O)NC(C)(C)COC)cc1[N+](=O)[O-]. The molecule has 0 aromatic heterocycles. The topological polar surface area (TPSA) is 93.5 Å². The van der Waals surface area contributed by atoms with Crippen LogP contribution in [0.5, 0.6) is 0 Å². The summed E-state index contributed by atoms with van der Waals surface area (Å²) < 4.78 is 5.02. The molecule has 0 unspecified atom stereocenters. The molecule has 0 spiro atoms. The normalized spacial score (nSPS) is 11.0. The smallest absolute Gasteiger partial charge is 0.293 e. The van der Waals surface area contributed by atoms with Gasteiger partial charge in [-0.3, -0.25) is 14.9 Å². The lowest BCUT2D eigenvalue weighted by molar-refractivity contribution is -0.384. The van der Waals surface area contributed by atoms with Gasteiger partial charge in [-0.05, 0) is 32.9 Å². The van der Waals surface area contributed by atoms with E-state index in [1.54, 1.807) is 19.2 Å². The molecule has 2 N–H and O–H groups in total. The molecule has 0 radical (unpaired) electrons. The lowest BCUT2D eigenvalue weighted by Gasteiger charge is -2.25. The van der Waals surface area contributed by atoms with Gasteiger partial charge < -0.3 is 15.4 Å². The molecule has 0 saturated carbocycles. The van der Waals surface area contributed by atoms with E-state index in [0.29, 0.717) is 18.8 Å². The number of carbonyl (C=O) groups excluding carboxylic acids is 1. The number of anilines is 1. The molecule has 1 aromatic carbocycles. The Morgan fingerprint density at radius 3 is 2.62 bits per heavy atom. The third-order valence-corrected chi connectivity index (χ3v) is 2.78. The summed E-state index contributed by atoms with van der Waals surface area (Å²) >= 11 is 0. The molecule has 7 heteroatoms. The van der Waals surface area contributed by atoms with Crippen LogP contribution in [0.4, 0.5) is 11.4 Å². The van der Waals surface area contributed by atoms with E-state index in [9.17, 15) is 14.9 Å².